The Morgan fingerprint density at radius 3 is 2.50 bits per heavy atom. The number of nitriles is 1. The van der Waals surface area contributed by atoms with Gasteiger partial charge < -0.3 is 9.26 Å². The molecule has 26 heavy (non-hydrogen) atoms. The minimum absolute atomic E-state index is 0.469. The van der Waals surface area contributed by atoms with Crippen LogP contribution in [-0.2, 0) is 13.0 Å². The van der Waals surface area contributed by atoms with Gasteiger partial charge in [0.25, 0.3) is 0 Å². The standard InChI is InChI=1S/C22H22N2O2/c1-2-3-4-5-21-14-22(24-26-21)19-10-12-20(13-11-19)25-16-18-8-6-17(15-23)7-9-18/h6-14H,2-5,16H2,1H3. The molecule has 0 saturated carbocycles. The number of benzene rings is 2. The quantitative estimate of drug-likeness (QED) is 0.504. The number of hydrogen-bond acceptors (Lipinski definition) is 4. The highest BCUT2D eigenvalue weighted by Gasteiger charge is 2.07. The van der Waals surface area contributed by atoms with Crippen LogP contribution in [0.5, 0.6) is 5.75 Å². The van der Waals surface area contributed by atoms with Crippen LogP contribution in [0.15, 0.2) is 59.1 Å². The monoisotopic (exact) mass is 346 g/mol. The van der Waals surface area contributed by atoms with Gasteiger partial charge in [-0.05, 0) is 48.4 Å². The fourth-order valence-corrected chi connectivity index (χ4v) is 2.68. The van der Waals surface area contributed by atoms with Gasteiger partial charge in [-0.15, -0.1) is 0 Å². The molecule has 1 aromatic heterocycles. The molecular formula is C22H22N2O2. The van der Waals surface area contributed by atoms with Gasteiger partial charge in [-0.1, -0.05) is 37.1 Å². The molecule has 0 saturated heterocycles. The second-order valence-corrected chi connectivity index (χ2v) is 6.26. The minimum Gasteiger partial charge on any atom is -0.489 e. The fraction of sp³-hybridized carbons (Fsp3) is 0.273. The lowest BCUT2D eigenvalue weighted by Crippen LogP contribution is -1.95. The Morgan fingerprint density at radius 2 is 1.81 bits per heavy atom. The van der Waals surface area contributed by atoms with Crippen LogP contribution in [-0.4, -0.2) is 5.16 Å². The molecule has 4 heteroatoms. The normalized spacial score (nSPS) is 10.5. The van der Waals surface area contributed by atoms with Crippen molar-refractivity contribution in [3.8, 4) is 23.1 Å². The lowest BCUT2D eigenvalue weighted by molar-refractivity contribution is 0.306. The van der Waals surface area contributed by atoms with Gasteiger partial charge >= 0.3 is 0 Å². The van der Waals surface area contributed by atoms with Crippen LogP contribution in [0.3, 0.4) is 0 Å². The number of unbranched alkanes of at least 4 members (excludes halogenated alkanes) is 2. The maximum Gasteiger partial charge on any atom is 0.137 e. The second kappa shape index (κ2) is 8.87. The third-order valence-corrected chi connectivity index (χ3v) is 4.22. The van der Waals surface area contributed by atoms with Crippen molar-refractivity contribution >= 4 is 0 Å². The molecule has 0 aliphatic rings. The number of hydrogen-bond donors (Lipinski definition) is 0. The number of aromatic nitrogens is 1. The van der Waals surface area contributed by atoms with Crippen LogP contribution >= 0.6 is 0 Å². The molecule has 4 nitrogen and oxygen atoms in total. The van der Waals surface area contributed by atoms with Crippen molar-refractivity contribution in [2.24, 2.45) is 0 Å². The molecule has 0 radical (unpaired) electrons. The zero-order valence-electron chi connectivity index (χ0n) is 14.9. The first-order valence-corrected chi connectivity index (χ1v) is 8.96. The molecular weight excluding hydrogens is 324 g/mol. The smallest absolute Gasteiger partial charge is 0.137 e. The highest BCUT2D eigenvalue weighted by Crippen LogP contribution is 2.23. The molecule has 0 aliphatic heterocycles. The first kappa shape index (κ1) is 17.8. The summed E-state index contributed by atoms with van der Waals surface area (Å²) in [6, 6.07) is 19.4. The summed E-state index contributed by atoms with van der Waals surface area (Å²) in [5.74, 6) is 1.74. The molecule has 3 aromatic rings. The van der Waals surface area contributed by atoms with Gasteiger partial charge in [-0.2, -0.15) is 5.26 Å². The molecule has 0 unspecified atom stereocenters. The maximum atomic E-state index is 8.82. The molecule has 0 fully saturated rings. The van der Waals surface area contributed by atoms with Crippen molar-refractivity contribution in [1.29, 1.82) is 5.26 Å². The molecule has 0 bridgehead atoms. The first-order valence-electron chi connectivity index (χ1n) is 8.96. The van der Waals surface area contributed by atoms with E-state index in [4.69, 9.17) is 14.5 Å². The first-order chi connectivity index (χ1) is 12.8. The van der Waals surface area contributed by atoms with E-state index in [0.29, 0.717) is 12.2 Å². The van der Waals surface area contributed by atoms with Gasteiger partial charge in [-0.3, -0.25) is 0 Å². The number of aryl methyl sites for hydroxylation is 1. The van der Waals surface area contributed by atoms with E-state index in [1.807, 2.05) is 42.5 Å². The molecule has 3 rings (SSSR count). The van der Waals surface area contributed by atoms with Crippen molar-refractivity contribution in [3.63, 3.8) is 0 Å². The van der Waals surface area contributed by atoms with Crippen molar-refractivity contribution in [3.05, 3.63) is 71.5 Å². The summed E-state index contributed by atoms with van der Waals surface area (Å²) in [5.41, 5.74) is 3.55. The fourth-order valence-electron chi connectivity index (χ4n) is 2.68. The molecule has 1 heterocycles. The van der Waals surface area contributed by atoms with Gasteiger partial charge in [0.1, 0.15) is 23.8 Å². The second-order valence-electron chi connectivity index (χ2n) is 6.26. The molecule has 2 aromatic carbocycles. The van der Waals surface area contributed by atoms with Crippen molar-refractivity contribution in [2.75, 3.05) is 0 Å². The van der Waals surface area contributed by atoms with E-state index in [-0.39, 0.29) is 0 Å². The van der Waals surface area contributed by atoms with Crippen molar-refractivity contribution < 1.29 is 9.26 Å². The lowest BCUT2D eigenvalue weighted by Gasteiger charge is -2.06. The van der Waals surface area contributed by atoms with Crippen LogP contribution in [0.1, 0.15) is 43.1 Å². The maximum absolute atomic E-state index is 8.82. The van der Waals surface area contributed by atoms with Crippen LogP contribution < -0.4 is 4.74 Å². The van der Waals surface area contributed by atoms with Crippen LogP contribution in [0.2, 0.25) is 0 Å². The third-order valence-electron chi connectivity index (χ3n) is 4.22. The summed E-state index contributed by atoms with van der Waals surface area (Å²) in [5, 5.41) is 13.0. The molecule has 0 aliphatic carbocycles. The van der Waals surface area contributed by atoms with Gasteiger partial charge in [0.2, 0.25) is 0 Å². The summed E-state index contributed by atoms with van der Waals surface area (Å²) < 4.78 is 11.2. The van der Waals surface area contributed by atoms with E-state index in [0.717, 1.165) is 41.2 Å². The van der Waals surface area contributed by atoms with Crippen LogP contribution in [0.4, 0.5) is 0 Å². The van der Waals surface area contributed by atoms with E-state index in [2.05, 4.69) is 18.1 Å². The average molecular weight is 346 g/mol. The Morgan fingerprint density at radius 1 is 1.04 bits per heavy atom. The number of nitrogens with zero attached hydrogens (tertiary/aromatic N) is 2. The van der Waals surface area contributed by atoms with E-state index in [1.165, 1.54) is 12.8 Å². The zero-order chi connectivity index (χ0) is 18.2. The number of ether oxygens (including phenoxy) is 1. The van der Waals surface area contributed by atoms with Gasteiger partial charge in [0.15, 0.2) is 0 Å². The van der Waals surface area contributed by atoms with Crippen LogP contribution in [0, 0.1) is 11.3 Å². The molecule has 0 atom stereocenters. The number of rotatable bonds is 8. The van der Waals surface area contributed by atoms with Crippen molar-refractivity contribution in [1.82, 2.24) is 5.16 Å². The Kier molecular flexibility index (Phi) is 6.05. The summed E-state index contributed by atoms with van der Waals surface area (Å²) in [6.07, 6.45) is 4.48. The van der Waals surface area contributed by atoms with E-state index < -0.39 is 0 Å². The van der Waals surface area contributed by atoms with Gasteiger partial charge in [0.05, 0.1) is 11.6 Å². The van der Waals surface area contributed by atoms with Gasteiger partial charge in [0, 0.05) is 18.1 Å². The average Bonchev–Trinajstić information content (AvgIpc) is 3.16. The van der Waals surface area contributed by atoms with Gasteiger partial charge in [-0.25, -0.2) is 0 Å². The highest BCUT2D eigenvalue weighted by atomic mass is 16.5. The SMILES string of the molecule is CCCCCc1cc(-c2ccc(OCc3ccc(C#N)cc3)cc2)no1. The van der Waals surface area contributed by atoms with Crippen LogP contribution in [0.25, 0.3) is 11.3 Å². The lowest BCUT2D eigenvalue weighted by atomic mass is 10.1. The van der Waals surface area contributed by atoms with E-state index in [1.54, 1.807) is 12.1 Å². The molecule has 0 spiro atoms. The van der Waals surface area contributed by atoms with E-state index >= 15 is 0 Å². The molecule has 132 valence electrons. The zero-order valence-corrected chi connectivity index (χ0v) is 14.9. The summed E-state index contributed by atoms with van der Waals surface area (Å²) in [7, 11) is 0. The summed E-state index contributed by atoms with van der Waals surface area (Å²) >= 11 is 0. The predicted molar refractivity (Wildman–Crippen MR) is 101 cm³/mol. The Balaban J connectivity index is 1.57. The summed E-state index contributed by atoms with van der Waals surface area (Å²) in [6.45, 7) is 2.66. The topological polar surface area (TPSA) is 59.0 Å². The Bertz CT molecular complexity index is 858. The molecule has 0 amide bonds. The molecule has 0 N–H and O–H groups in total. The minimum atomic E-state index is 0.469. The van der Waals surface area contributed by atoms with E-state index in [9.17, 15) is 0 Å². The largest absolute Gasteiger partial charge is 0.489 e. The predicted octanol–water partition coefficient (Wildman–Crippen LogP) is 5.52. The highest BCUT2D eigenvalue weighted by molar-refractivity contribution is 5.59. The Hall–Kier alpha value is -3.06. The third kappa shape index (κ3) is 4.73. The van der Waals surface area contributed by atoms with Crippen molar-refractivity contribution in [2.45, 2.75) is 39.2 Å². The Labute approximate surface area is 154 Å². The summed E-state index contributed by atoms with van der Waals surface area (Å²) in [4.78, 5) is 0.